The van der Waals surface area contributed by atoms with Gasteiger partial charge in [0.25, 0.3) is 0 Å². The van der Waals surface area contributed by atoms with Gasteiger partial charge in [0.2, 0.25) is 0 Å². The second-order valence-electron chi connectivity index (χ2n) is 5.04. The third-order valence-electron chi connectivity index (χ3n) is 3.26. The van der Waals surface area contributed by atoms with E-state index in [1.165, 1.54) is 45.3 Å². The highest BCUT2D eigenvalue weighted by Gasteiger charge is 2.17. The molecular formula is C15H33NO. The van der Waals surface area contributed by atoms with E-state index in [2.05, 4.69) is 25.7 Å². The van der Waals surface area contributed by atoms with E-state index < -0.39 is 0 Å². The van der Waals surface area contributed by atoms with Gasteiger partial charge in [-0.2, -0.15) is 0 Å². The molecule has 0 spiro atoms. The zero-order chi connectivity index (χ0) is 13.1. The molecule has 0 bridgehead atoms. The molecule has 1 saturated heterocycles. The zero-order valence-electron chi connectivity index (χ0n) is 12.7. The lowest BCUT2D eigenvalue weighted by Gasteiger charge is -2.30. The first-order chi connectivity index (χ1) is 8.22. The van der Waals surface area contributed by atoms with Gasteiger partial charge in [-0.15, -0.1) is 0 Å². The van der Waals surface area contributed by atoms with E-state index in [1.807, 2.05) is 13.8 Å². The summed E-state index contributed by atoms with van der Waals surface area (Å²) in [6.45, 7) is 15.4. The molecule has 0 aromatic carbocycles. The fraction of sp³-hybridized carbons (Fsp3) is 1.00. The molecule has 0 aromatic heterocycles. The van der Waals surface area contributed by atoms with Crippen molar-refractivity contribution in [3.05, 3.63) is 0 Å². The van der Waals surface area contributed by atoms with Crippen molar-refractivity contribution < 1.29 is 4.74 Å². The van der Waals surface area contributed by atoms with Gasteiger partial charge in [-0.05, 0) is 38.1 Å². The summed E-state index contributed by atoms with van der Waals surface area (Å²) in [5, 5.41) is 0. The van der Waals surface area contributed by atoms with Crippen LogP contribution in [0, 0.1) is 5.92 Å². The van der Waals surface area contributed by atoms with Crippen LogP contribution in [0.2, 0.25) is 0 Å². The molecule has 0 atom stereocenters. The van der Waals surface area contributed by atoms with Crippen molar-refractivity contribution in [3.8, 4) is 0 Å². The molecule has 1 aliphatic heterocycles. The number of rotatable bonds is 6. The molecule has 0 radical (unpaired) electrons. The highest BCUT2D eigenvalue weighted by atomic mass is 16.5. The lowest BCUT2D eigenvalue weighted by Crippen LogP contribution is -2.36. The van der Waals surface area contributed by atoms with Crippen molar-refractivity contribution in [2.45, 2.75) is 66.4 Å². The van der Waals surface area contributed by atoms with Crippen LogP contribution in [0.1, 0.15) is 60.3 Å². The summed E-state index contributed by atoms with van der Waals surface area (Å²) in [6.07, 6.45) is 5.53. The Morgan fingerprint density at radius 2 is 1.76 bits per heavy atom. The van der Waals surface area contributed by atoms with Crippen LogP contribution in [0.5, 0.6) is 0 Å². The van der Waals surface area contributed by atoms with Crippen molar-refractivity contribution in [2.24, 2.45) is 5.92 Å². The average Bonchev–Trinajstić information content (AvgIpc) is 2.37. The second-order valence-corrected chi connectivity index (χ2v) is 5.04. The summed E-state index contributed by atoms with van der Waals surface area (Å²) < 4.78 is 5.90. The van der Waals surface area contributed by atoms with Crippen molar-refractivity contribution in [2.75, 3.05) is 26.2 Å². The Bertz CT molecular complexity index is 151. The number of ether oxygens (including phenoxy) is 1. The molecule has 0 aromatic rings. The largest absolute Gasteiger partial charge is 0.378 e. The van der Waals surface area contributed by atoms with Gasteiger partial charge >= 0.3 is 0 Å². The average molecular weight is 243 g/mol. The zero-order valence-corrected chi connectivity index (χ0v) is 12.7. The first-order valence-corrected chi connectivity index (χ1v) is 7.56. The van der Waals surface area contributed by atoms with Crippen LogP contribution in [0.3, 0.4) is 0 Å². The predicted molar refractivity (Wildman–Crippen MR) is 76.5 cm³/mol. The Labute approximate surface area is 109 Å². The van der Waals surface area contributed by atoms with Crippen molar-refractivity contribution in [3.63, 3.8) is 0 Å². The third kappa shape index (κ3) is 8.62. The second kappa shape index (κ2) is 11.0. The topological polar surface area (TPSA) is 12.5 Å². The van der Waals surface area contributed by atoms with Crippen LogP contribution in [-0.4, -0.2) is 37.2 Å². The van der Waals surface area contributed by atoms with Crippen LogP contribution in [0.4, 0.5) is 0 Å². The number of likely N-dealkylation sites (tertiary alicyclic amines) is 1. The van der Waals surface area contributed by atoms with E-state index in [9.17, 15) is 0 Å². The summed E-state index contributed by atoms with van der Waals surface area (Å²) in [7, 11) is 0. The molecule has 104 valence electrons. The van der Waals surface area contributed by atoms with Crippen molar-refractivity contribution in [1.29, 1.82) is 0 Å². The van der Waals surface area contributed by atoms with Crippen molar-refractivity contribution in [1.82, 2.24) is 4.90 Å². The predicted octanol–water partition coefficient (Wildman–Crippen LogP) is 3.95. The molecule has 0 N–H and O–H groups in total. The first-order valence-electron chi connectivity index (χ1n) is 7.56. The molecular weight excluding hydrogens is 210 g/mol. The van der Waals surface area contributed by atoms with Crippen LogP contribution >= 0.6 is 0 Å². The highest BCUT2D eigenvalue weighted by Crippen LogP contribution is 2.14. The number of hydrogen-bond donors (Lipinski definition) is 0. The van der Waals surface area contributed by atoms with E-state index in [0.29, 0.717) is 6.10 Å². The van der Waals surface area contributed by atoms with Gasteiger partial charge in [0.15, 0.2) is 0 Å². The van der Waals surface area contributed by atoms with Crippen LogP contribution in [0.25, 0.3) is 0 Å². The minimum atomic E-state index is 0.542. The third-order valence-corrected chi connectivity index (χ3v) is 3.26. The van der Waals surface area contributed by atoms with Gasteiger partial charge in [-0.3, -0.25) is 0 Å². The Kier molecular flexibility index (Phi) is 11.0. The maximum absolute atomic E-state index is 5.90. The number of nitrogens with zero attached hydrogens (tertiary/aromatic N) is 1. The maximum atomic E-state index is 5.90. The lowest BCUT2D eigenvalue weighted by atomic mass is 10.1. The maximum Gasteiger partial charge on any atom is 0.0599 e. The molecule has 0 saturated carbocycles. The summed E-state index contributed by atoms with van der Waals surface area (Å²) in [5.41, 5.74) is 0. The monoisotopic (exact) mass is 243 g/mol. The van der Waals surface area contributed by atoms with E-state index in [4.69, 9.17) is 4.74 Å². The van der Waals surface area contributed by atoms with Gasteiger partial charge in [0, 0.05) is 19.7 Å². The minimum absolute atomic E-state index is 0.542. The Morgan fingerprint density at radius 1 is 1.18 bits per heavy atom. The SMILES string of the molecule is CC.CCN1CCC(OCCCC(C)C)CC1. The van der Waals surface area contributed by atoms with E-state index in [0.717, 1.165) is 12.5 Å². The van der Waals surface area contributed by atoms with Crippen LogP contribution in [-0.2, 0) is 4.74 Å². The summed E-state index contributed by atoms with van der Waals surface area (Å²) in [6, 6.07) is 0. The van der Waals surface area contributed by atoms with E-state index >= 15 is 0 Å². The Morgan fingerprint density at radius 3 is 2.24 bits per heavy atom. The van der Waals surface area contributed by atoms with Gasteiger partial charge in [0.1, 0.15) is 0 Å². The fourth-order valence-corrected chi connectivity index (χ4v) is 2.13. The number of hydrogen-bond acceptors (Lipinski definition) is 2. The quantitative estimate of drug-likeness (QED) is 0.655. The first kappa shape index (κ1) is 16.9. The van der Waals surface area contributed by atoms with Gasteiger partial charge < -0.3 is 9.64 Å². The molecule has 1 heterocycles. The number of piperidine rings is 1. The normalized spacial score (nSPS) is 18.0. The molecule has 0 unspecified atom stereocenters. The molecule has 2 heteroatoms. The Balaban J connectivity index is 0.00000121. The molecule has 0 aliphatic carbocycles. The van der Waals surface area contributed by atoms with E-state index in [-0.39, 0.29) is 0 Å². The lowest BCUT2D eigenvalue weighted by molar-refractivity contribution is 0.00623. The van der Waals surface area contributed by atoms with Crippen molar-refractivity contribution >= 4 is 0 Å². The minimum Gasteiger partial charge on any atom is -0.378 e. The summed E-state index contributed by atoms with van der Waals surface area (Å²) >= 11 is 0. The molecule has 2 nitrogen and oxygen atoms in total. The molecule has 0 amide bonds. The highest BCUT2D eigenvalue weighted by molar-refractivity contribution is 4.71. The smallest absolute Gasteiger partial charge is 0.0599 e. The van der Waals surface area contributed by atoms with E-state index in [1.54, 1.807) is 0 Å². The summed E-state index contributed by atoms with van der Waals surface area (Å²) in [4.78, 5) is 2.51. The van der Waals surface area contributed by atoms with Gasteiger partial charge in [-0.1, -0.05) is 34.6 Å². The molecule has 1 fully saturated rings. The van der Waals surface area contributed by atoms with Gasteiger partial charge in [-0.25, -0.2) is 0 Å². The van der Waals surface area contributed by atoms with Crippen LogP contribution in [0.15, 0.2) is 0 Å². The van der Waals surface area contributed by atoms with Crippen LogP contribution < -0.4 is 0 Å². The molecule has 1 rings (SSSR count). The standard InChI is InChI=1S/C13H27NO.C2H6/c1-4-14-9-7-13(8-10-14)15-11-5-6-12(2)3;1-2/h12-13H,4-11H2,1-3H3;1-2H3. The van der Waals surface area contributed by atoms with Gasteiger partial charge in [0.05, 0.1) is 6.10 Å². The Hall–Kier alpha value is -0.0800. The molecule has 1 aliphatic rings. The summed E-state index contributed by atoms with van der Waals surface area (Å²) in [5.74, 6) is 0.815. The fourth-order valence-electron chi connectivity index (χ4n) is 2.13. The molecule has 17 heavy (non-hydrogen) atoms.